The summed E-state index contributed by atoms with van der Waals surface area (Å²) in [5.41, 5.74) is 0. The lowest BCUT2D eigenvalue weighted by Gasteiger charge is -2.45. The number of rotatable bonds is 6. The molecule has 0 aromatic carbocycles. The molecule has 2 aliphatic rings. The molecule has 2 rings (SSSR count). The van der Waals surface area contributed by atoms with E-state index in [1.165, 1.54) is 25.7 Å². The molecule has 0 heterocycles. The van der Waals surface area contributed by atoms with Crippen LogP contribution in [-0.4, -0.2) is 38.0 Å². The van der Waals surface area contributed by atoms with Gasteiger partial charge in [-0.15, -0.1) is 0 Å². The van der Waals surface area contributed by atoms with Gasteiger partial charge in [-0.25, -0.2) is 0 Å². The first kappa shape index (κ1) is 14.3. The van der Waals surface area contributed by atoms with Gasteiger partial charge in [-0.3, -0.25) is 0 Å². The molecule has 2 aliphatic carbocycles. The SMILES string of the molecule is CCCOC1C(NC)CC1OC1CCC(C)CC1. The Morgan fingerprint density at radius 2 is 1.89 bits per heavy atom. The molecule has 3 nitrogen and oxygen atoms in total. The quantitative estimate of drug-likeness (QED) is 0.791. The molecule has 18 heavy (non-hydrogen) atoms. The van der Waals surface area contributed by atoms with Gasteiger partial charge < -0.3 is 14.8 Å². The van der Waals surface area contributed by atoms with Crippen LogP contribution in [0.4, 0.5) is 0 Å². The lowest BCUT2D eigenvalue weighted by molar-refractivity contribution is -0.172. The Balaban J connectivity index is 1.74. The molecule has 2 fully saturated rings. The molecule has 0 aliphatic heterocycles. The third-order valence-electron chi connectivity index (χ3n) is 4.46. The average Bonchev–Trinajstić information content (AvgIpc) is 2.36. The number of hydrogen-bond acceptors (Lipinski definition) is 3. The molecule has 3 heteroatoms. The van der Waals surface area contributed by atoms with E-state index in [2.05, 4.69) is 19.2 Å². The number of likely N-dealkylation sites (N-methyl/N-ethyl adjacent to an activating group) is 1. The molecule has 2 saturated carbocycles. The van der Waals surface area contributed by atoms with E-state index in [1.54, 1.807) is 0 Å². The fourth-order valence-corrected chi connectivity index (χ4v) is 3.09. The first-order chi connectivity index (χ1) is 8.74. The van der Waals surface area contributed by atoms with Crippen molar-refractivity contribution in [3.8, 4) is 0 Å². The molecule has 106 valence electrons. The minimum absolute atomic E-state index is 0.273. The van der Waals surface area contributed by atoms with Gasteiger partial charge in [0.15, 0.2) is 0 Å². The van der Waals surface area contributed by atoms with Crippen molar-refractivity contribution >= 4 is 0 Å². The van der Waals surface area contributed by atoms with Gasteiger partial charge >= 0.3 is 0 Å². The maximum absolute atomic E-state index is 6.25. The van der Waals surface area contributed by atoms with Crippen molar-refractivity contribution in [1.82, 2.24) is 5.32 Å². The fraction of sp³-hybridized carbons (Fsp3) is 1.00. The van der Waals surface area contributed by atoms with Crippen molar-refractivity contribution in [2.75, 3.05) is 13.7 Å². The Morgan fingerprint density at radius 3 is 2.50 bits per heavy atom. The zero-order valence-corrected chi connectivity index (χ0v) is 12.2. The van der Waals surface area contributed by atoms with Crippen molar-refractivity contribution in [3.05, 3.63) is 0 Å². The first-order valence-electron chi connectivity index (χ1n) is 7.69. The summed E-state index contributed by atoms with van der Waals surface area (Å²) in [6.07, 6.45) is 8.40. The minimum Gasteiger partial charge on any atom is -0.374 e. The molecular weight excluding hydrogens is 226 g/mol. The van der Waals surface area contributed by atoms with Crippen LogP contribution in [-0.2, 0) is 9.47 Å². The smallest absolute Gasteiger partial charge is 0.0990 e. The van der Waals surface area contributed by atoms with Crippen LogP contribution < -0.4 is 5.32 Å². The summed E-state index contributed by atoms with van der Waals surface area (Å²) in [4.78, 5) is 0. The van der Waals surface area contributed by atoms with Gasteiger partial charge in [-0.2, -0.15) is 0 Å². The highest BCUT2D eigenvalue weighted by Crippen LogP contribution is 2.33. The van der Waals surface area contributed by atoms with Crippen molar-refractivity contribution in [3.63, 3.8) is 0 Å². The number of hydrogen-bond donors (Lipinski definition) is 1. The lowest BCUT2D eigenvalue weighted by Crippen LogP contribution is -2.60. The monoisotopic (exact) mass is 255 g/mol. The standard InChI is InChI=1S/C15H29NO2/c1-4-9-17-15-13(16-3)10-14(15)18-12-7-5-11(2)6-8-12/h11-16H,4-10H2,1-3H3. The Bertz CT molecular complexity index is 239. The van der Waals surface area contributed by atoms with E-state index in [1.807, 2.05) is 7.05 Å². The Morgan fingerprint density at radius 1 is 1.17 bits per heavy atom. The third kappa shape index (κ3) is 3.46. The molecule has 0 saturated heterocycles. The second-order valence-electron chi connectivity index (χ2n) is 6.02. The highest BCUT2D eigenvalue weighted by atomic mass is 16.6. The normalized spacial score (nSPS) is 40.5. The molecule has 3 unspecified atom stereocenters. The number of nitrogens with one attached hydrogen (secondary N) is 1. The van der Waals surface area contributed by atoms with Crippen LogP contribution in [0, 0.1) is 5.92 Å². The predicted octanol–water partition coefficient (Wildman–Crippen LogP) is 2.74. The molecule has 1 N–H and O–H groups in total. The van der Waals surface area contributed by atoms with Gasteiger partial charge in [0, 0.05) is 12.6 Å². The maximum atomic E-state index is 6.25. The van der Waals surface area contributed by atoms with Gasteiger partial charge in [-0.1, -0.05) is 13.8 Å². The topological polar surface area (TPSA) is 30.5 Å². The molecule has 0 aromatic rings. The summed E-state index contributed by atoms with van der Waals surface area (Å²) in [7, 11) is 2.02. The van der Waals surface area contributed by atoms with E-state index in [-0.39, 0.29) is 6.10 Å². The number of ether oxygens (including phenoxy) is 2. The van der Waals surface area contributed by atoms with Gasteiger partial charge in [0.05, 0.1) is 18.3 Å². The predicted molar refractivity (Wildman–Crippen MR) is 73.8 cm³/mol. The zero-order chi connectivity index (χ0) is 13.0. The largest absolute Gasteiger partial charge is 0.374 e. The first-order valence-corrected chi connectivity index (χ1v) is 7.69. The molecule has 0 amide bonds. The Hall–Kier alpha value is -0.120. The molecular formula is C15H29NO2. The highest BCUT2D eigenvalue weighted by Gasteiger charge is 2.43. The van der Waals surface area contributed by atoms with Crippen molar-refractivity contribution < 1.29 is 9.47 Å². The summed E-state index contributed by atoms with van der Waals surface area (Å²) in [5, 5.41) is 3.33. The highest BCUT2D eigenvalue weighted by molar-refractivity contribution is 4.97. The van der Waals surface area contributed by atoms with E-state index < -0.39 is 0 Å². The summed E-state index contributed by atoms with van der Waals surface area (Å²) in [5.74, 6) is 0.892. The van der Waals surface area contributed by atoms with Crippen LogP contribution in [0.3, 0.4) is 0 Å². The molecule has 0 spiro atoms. The van der Waals surface area contributed by atoms with Gasteiger partial charge in [0.2, 0.25) is 0 Å². The van der Waals surface area contributed by atoms with E-state index in [4.69, 9.17) is 9.47 Å². The fourth-order valence-electron chi connectivity index (χ4n) is 3.09. The van der Waals surface area contributed by atoms with Gasteiger partial charge in [0.25, 0.3) is 0 Å². The minimum atomic E-state index is 0.273. The molecule has 0 aromatic heterocycles. The van der Waals surface area contributed by atoms with Crippen LogP contribution in [0.5, 0.6) is 0 Å². The summed E-state index contributed by atoms with van der Waals surface area (Å²) < 4.78 is 12.2. The molecule has 0 bridgehead atoms. The van der Waals surface area contributed by atoms with E-state index in [0.717, 1.165) is 25.4 Å². The van der Waals surface area contributed by atoms with Crippen LogP contribution in [0.1, 0.15) is 52.4 Å². The van der Waals surface area contributed by atoms with Gasteiger partial charge in [-0.05, 0) is 51.5 Å². The second kappa shape index (κ2) is 6.88. The summed E-state index contributed by atoms with van der Waals surface area (Å²) in [6.45, 7) is 5.36. The van der Waals surface area contributed by atoms with Gasteiger partial charge in [0.1, 0.15) is 0 Å². The van der Waals surface area contributed by atoms with Crippen molar-refractivity contribution in [1.29, 1.82) is 0 Å². The van der Waals surface area contributed by atoms with Crippen molar-refractivity contribution in [2.24, 2.45) is 5.92 Å². The Kier molecular flexibility index (Phi) is 5.46. The lowest BCUT2D eigenvalue weighted by atomic mass is 9.84. The van der Waals surface area contributed by atoms with E-state index >= 15 is 0 Å². The maximum Gasteiger partial charge on any atom is 0.0990 e. The van der Waals surface area contributed by atoms with Crippen LogP contribution in [0.2, 0.25) is 0 Å². The average molecular weight is 255 g/mol. The van der Waals surface area contributed by atoms with E-state index in [9.17, 15) is 0 Å². The van der Waals surface area contributed by atoms with Crippen molar-refractivity contribution in [2.45, 2.75) is 76.7 Å². The summed E-state index contributed by atoms with van der Waals surface area (Å²) in [6, 6.07) is 0.490. The van der Waals surface area contributed by atoms with Crippen LogP contribution >= 0.6 is 0 Å². The van der Waals surface area contributed by atoms with Crippen LogP contribution in [0.15, 0.2) is 0 Å². The second-order valence-corrected chi connectivity index (χ2v) is 6.02. The zero-order valence-electron chi connectivity index (χ0n) is 12.2. The Labute approximate surface area is 112 Å². The molecule has 0 radical (unpaired) electrons. The van der Waals surface area contributed by atoms with E-state index in [0.29, 0.717) is 18.2 Å². The molecule has 3 atom stereocenters. The summed E-state index contributed by atoms with van der Waals surface area (Å²) >= 11 is 0. The third-order valence-corrected chi connectivity index (χ3v) is 4.46. The van der Waals surface area contributed by atoms with Crippen LogP contribution in [0.25, 0.3) is 0 Å².